The number of nitrogens with one attached hydrogen (secondary N) is 1. The van der Waals surface area contributed by atoms with E-state index in [1.807, 2.05) is 7.05 Å². The number of likely N-dealkylation sites (N-methyl/N-ethyl adjacent to an activating group) is 1. The van der Waals surface area contributed by atoms with E-state index in [0.29, 0.717) is 6.04 Å². The SMILES string of the molecule is CCCc1cc(CNC)cc(N2CCCC(N(C)C)C2)n1. The second kappa shape index (κ2) is 7.76. The Balaban J connectivity index is 2.20. The van der Waals surface area contributed by atoms with E-state index in [-0.39, 0.29) is 0 Å². The van der Waals surface area contributed by atoms with Gasteiger partial charge in [-0.15, -0.1) is 0 Å². The second-order valence-corrected chi connectivity index (χ2v) is 6.31. The molecule has 118 valence electrons. The molecule has 4 heteroatoms. The Kier molecular flexibility index (Phi) is 6.00. The fourth-order valence-corrected chi connectivity index (χ4v) is 3.07. The highest BCUT2D eigenvalue weighted by atomic mass is 15.2. The number of rotatable bonds is 6. The summed E-state index contributed by atoms with van der Waals surface area (Å²) in [6.45, 7) is 5.35. The lowest BCUT2D eigenvalue weighted by Gasteiger charge is -2.37. The van der Waals surface area contributed by atoms with E-state index in [9.17, 15) is 0 Å². The van der Waals surface area contributed by atoms with Gasteiger partial charge in [0, 0.05) is 31.4 Å². The number of pyridine rings is 1. The molecular weight excluding hydrogens is 260 g/mol. The normalized spacial score (nSPS) is 19.3. The van der Waals surface area contributed by atoms with Crippen molar-refractivity contribution in [3.05, 3.63) is 23.4 Å². The molecule has 1 saturated heterocycles. The lowest BCUT2D eigenvalue weighted by Crippen LogP contribution is -2.45. The van der Waals surface area contributed by atoms with Crippen LogP contribution in [-0.4, -0.2) is 50.2 Å². The summed E-state index contributed by atoms with van der Waals surface area (Å²) in [5.41, 5.74) is 2.57. The average Bonchev–Trinajstić information content (AvgIpc) is 2.48. The van der Waals surface area contributed by atoms with Crippen LogP contribution in [0.25, 0.3) is 0 Å². The van der Waals surface area contributed by atoms with Crippen LogP contribution < -0.4 is 10.2 Å². The van der Waals surface area contributed by atoms with Gasteiger partial charge in [0.15, 0.2) is 0 Å². The van der Waals surface area contributed by atoms with Crippen molar-refractivity contribution in [2.24, 2.45) is 0 Å². The smallest absolute Gasteiger partial charge is 0.129 e. The van der Waals surface area contributed by atoms with Gasteiger partial charge in [0.1, 0.15) is 5.82 Å². The third kappa shape index (κ3) is 4.42. The number of anilines is 1. The Morgan fingerprint density at radius 1 is 1.38 bits per heavy atom. The van der Waals surface area contributed by atoms with Crippen LogP contribution in [0, 0.1) is 0 Å². The molecule has 4 nitrogen and oxygen atoms in total. The third-order valence-electron chi connectivity index (χ3n) is 4.26. The van der Waals surface area contributed by atoms with E-state index in [1.54, 1.807) is 0 Å². The maximum absolute atomic E-state index is 4.90. The molecule has 1 fully saturated rings. The molecule has 1 aliphatic rings. The van der Waals surface area contributed by atoms with Gasteiger partial charge in [-0.25, -0.2) is 4.98 Å². The van der Waals surface area contributed by atoms with Crippen LogP contribution in [0.2, 0.25) is 0 Å². The van der Waals surface area contributed by atoms with Gasteiger partial charge in [0.05, 0.1) is 0 Å². The summed E-state index contributed by atoms with van der Waals surface area (Å²) in [6.07, 6.45) is 4.76. The standard InChI is InChI=1S/C17H30N4/c1-5-7-15-10-14(12-18-2)11-17(19-15)21-9-6-8-16(13-21)20(3)4/h10-11,16,18H,5-9,12-13H2,1-4H3. The highest BCUT2D eigenvalue weighted by molar-refractivity contribution is 5.43. The first-order valence-corrected chi connectivity index (χ1v) is 8.19. The summed E-state index contributed by atoms with van der Waals surface area (Å²) >= 11 is 0. The maximum atomic E-state index is 4.90. The number of nitrogens with zero attached hydrogens (tertiary/aromatic N) is 3. The molecule has 0 bridgehead atoms. The summed E-state index contributed by atoms with van der Waals surface area (Å²) in [5.74, 6) is 1.16. The molecule has 0 saturated carbocycles. The van der Waals surface area contributed by atoms with Gasteiger partial charge >= 0.3 is 0 Å². The van der Waals surface area contributed by atoms with Crippen molar-refractivity contribution < 1.29 is 0 Å². The third-order valence-corrected chi connectivity index (χ3v) is 4.26. The average molecular weight is 290 g/mol. The van der Waals surface area contributed by atoms with Crippen molar-refractivity contribution in [2.75, 3.05) is 39.1 Å². The minimum absolute atomic E-state index is 0.642. The van der Waals surface area contributed by atoms with Crippen LogP contribution in [-0.2, 0) is 13.0 Å². The Labute approximate surface area is 129 Å². The second-order valence-electron chi connectivity index (χ2n) is 6.31. The van der Waals surface area contributed by atoms with Crippen molar-refractivity contribution in [1.29, 1.82) is 0 Å². The predicted octanol–water partition coefficient (Wildman–Crippen LogP) is 2.28. The van der Waals surface area contributed by atoms with Crippen LogP contribution in [0.3, 0.4) is 0 Å². The van der Waals surface area contributed by atoms with Crippen molar-refractivity contribution in [3.8, 4) is 0 Å². The van der Waals surface area contributed by atoms with E-state index >= 15 is 0 Å². The molecule has 1 aliphatic heterocycles. The van der Waals surface area contributed by atoms with Gasteiger partial charge in [-0.05, 0) is 58.1 Å². The zero-order valence-corrected chi connectivity index (χ0v) is 14.0. The van der Waals surface area contributed by atoms with Gasteiger partial charge in [-0.2, -0.15) is 0 Å². The topological polar surface area (TPSA) is 31.4 Å². The minimum atomic E-state index is 0.642. The highest BCUT2D eigenvalue weighted by Crippen LogP contribution is 2.22. The zero-order valence-electron chi connectivity index (χ0n) is 14.0. The summed E-state index contributed by atoms with van der Waals surface area (Å²) in [6, 6.07) is 5.15. The summed E-state index contributed by atoms with van der Waals surface area (Å²) < 4.78 is 0. The van der Waals surface area contributed by atoms with E-state index in [2.05, 4.69) is 48.3 Å². The first-order valence-electron chi connectivity index (χ1n) is 8.19. The predicted molar refractivity (Wildman–Crippen MR) is 89.9 cm³/mol. The Bertz CT molecular complexity index is 420. The van der Waals surface area contributed by atoms with Crippen LogP contribution in [0.15, 0.2) is 12.1 Å². The van der Waals surface area contributed by atoms with E-state index in [1.165, 1.54) is 24.1 Å². The monoisotopic (exact) mass is 290 g/mol. The molecule has 0 spiro atoms. The molecule has 0 aliphatic carbocycles. The molecule has 1 N–H and O–H groups in total. The molecule has 2 rings (SSSR count). The summed E-state index contributed by atoms with van der Waals surface area (Å²) in [4.78, 5) is 9.71. The molecule has 1 atom stereocenters. The largest absolute Gasteiger partial charge is 0.355 e. The van der Waals surface area contributed by atoms with Gasteiger partial charge < -0.3 is 15.1 Å². The molecule has 21 heavy (non-hydrogen) atoms. The van der Waals surface area contributed by atoms with Gasteiger partial charge in [0.2, 0.25) is 0 Å². The fourth-order valence-electron chi connectivity index (χ4n) is 3.07. The van der Waals surface area contributed by atoms with E-state index < -0.39 is 0 Å². The highest BCUT2D eigenvalue weighted by Gasteiger charge is 2.22. The summed E-state index contributed by atoms with van der Waals surface area (Å²) in [7, 11) is 6.37. The summed E-state index contributed by atoms with van der Waals surface area (Å²) in [5, 5.41) is 3.26. The molecule has 1 aromatic heterocycles. The zero-order chi connectivity index (χ0) is 15.2. The lowest BCUT2D eigenvalue weighted by atomic mass is 10.0. The molecule has 1 aromatic rings. The quantitative estimate of drug-likeness (QED) is 0.871. The van der Waals surface area contributed by atoms with Crippen LogP contribution in [0.4, 0.5) is 5.82 Å². The Hall–Kier alpha value is -1.13. The fraction of sp³-hybridized carbons (Fsp3) is 0.706. The van der Waals surface area contributed by atoms with Crippen LogP contribution in [0.1, 0.15) is 37.4 Å². The van der Waals surface area contributed by atoms with Crippen molar-refractivity contribution in [3.63, 3.8) is 0 Å². The van der Waals surface area contributed by atoms with Gasteiger partial charge in [-0.3, -0.25) is 0 Å². The molecule has 0 radical (unpaired) electrons. The molecule has 2 heterocycles. The van der Waals surface area contributed by atoms with Crippen molar-refractivity contribution >= 4 is 5.82 Å². The number of piperidine rings is 1. The first kappa shape index (κ1) is 16.2. The van der Waals surface area contributed by atoms with Gasteiger partial charge in [-0.1, -0.05) is 13.3 Å². The maximum Gasteiger partial charge on any atom is 0.129 e. The number of hydrogen-bond acceptors (Lipinski definition) is 4. The molecule has 1 unspecified atom stereocenters. The minimum Gasteiger partial charge on any atom is -0.355 e. The van der Waals surface area contributed by atoms with E-state index in [0.717, 1.165) is 38.3 Å². The van der Waals surface area contributed by atoms with Crippen molar-refractivity contribution in [2.45, 2.75) is 45.2 Å². The van der Waals surface area contributed by atoms with E-state index in [4.69, 9.17) is 4.98 Å². The number of aromatic nitrogens is 1. The molecular formula is C17H30N4. The Morgan fingerprint density at radius 3 is 2.86 bits per heavy atom. The molecule has 0 amide bonds. The van der Waals surface area contributed by atoms with Crippen molar-refractivity contribution in [1.82, 2.24) is 15.2 Å². The first-order chi connectivity index (χ1) is 10.1. The Morgan fingerprint density at radius 2 is 2.19 bits per heavy atom. The van der Waals surface area contributed by atoms with Crippen LogP contribution >= 0.6 is 0 Å². The van der Waals surface area contributed by atoms with Gasteiger partial charge in [0.25, 0.3) is 0 Å². The van der Waals surface area contributed by atoms with Crippen LogP contribution in [0.5, 0.6) is 0 Å². The molecule has 0 aromatic carbocycles. The number of aryl methyl sites for hydroxylation is 1. The number of hydrogen-bond donors (Lipinski definition) is 1. The lowest BCUT2D eigenvalue weighted by molar-refractivity contribution is 0.257.